The molecule has 6 nitrogen and oxygen atoms in total. The lowest BCUT2D eigenvalue weighted by molar-refractivity contribution is 0.612. The lowest BCUT2D eigenvalue weighted by Crippen LogP contribution is -2.44. The summed E-state index contributed by atoms with van der Waals surface area (Å²) < 4.78 is 14.0. The smallest absolute Gasteiger partial charge is 0.191 e. The molecular formula is C22H31FN6. The molecule has 1 aliphatic rings. The third-order valence-corrected chi connectivity index (χ3v) is 5.04. The number of hydrogen-bond acceptors (Lipinski definition) is 4. The number of rotatable bonds is 6. The van der Waals surface area contributed by atoms with Crippen LogP contribution in [0.15, 0.2) is 41.5 Å². The number of hydrogen-bond donors (Lipinski definition) is 2. The molecule has 0 saturated carbocycles. The van der Waals surface area contributed by atoms with Crippen LogP contribution < -0.4 is 20.4 Å². The molecule has 1 aromatic heterocycles. The highest BCUT2D eigenvalue weighted by molar-refractivity contribution is 5.80. The van der Waals surface area contributed by atoms with Crippen molar-refractivity contribution in [3.05, 3.63) is 53.5 Å². The molecule has 2 heterocycles. The Morgan fingerprint density at radius 1 is 1.34 bits per heavy atom. The third-order valence-electron chi connectivity index (χ3n) is 5.04. The van der Waals surface area contributed by atoms with E-state index in [1.807, 2.05) is 4.90 Å². The van der Waals surface area contributed by atoms with Crippen LogP contribution in [-0.4, -0.2) is 50.7 Å². The van der Waals surface area contributed by atoms with E-state index in [4.69, 9.17) is 4.99 Å². The van der Waals surface area contributed by atoms with E-state index in [-0.39, 0.29) is 11.9 Å². The van der Waals surface area contributed by atoms with Gasteiger partial charge in [0.2, 0.25) is 0 Å². The summed E-state index contributed by atoms with van der Waals surface area (Å²) in [7, 11) is 4.10. The van der Waals surface area contributed by atoms with Gasteiger partial charge in [0, 0.05) is 51.7 Å². The van der Waals surface area contributed by atoms with Crippen LogP contribution in [0.1, 0.15) is 24.5 Å². The number of pyridine rings is 1. The molecule has 0 spiro atoms. The minimum absolute atomic E-state index is 0.195. The SMILES string of the molecule is CCNC(=NCc1ccc(C)cc1N(C)C)NC1CCN(c2ncccc2F)C1. The monoisotopic (exact) mass is 398 g/mol. The van der Waals surface area contributed by atoms with Crippen LogP contribution in [0.3, 0.4) is 0 Å². The van der Waals surface area contributed by atoms with E-state index in [2.05, 4.69) is 66.7 Å². The Kier molecular flexibility index (Phi) is 6.90. The first-order chi connectivity index (χ1) is 14.0. The molecule has 3 rings (SSSR count). The van der Waals surface area contributed by atoms with Crippen LogP contribution in [0.4, 0.5) is 15.9 Å². The fourth-order valence-corrected chi connectivity index (χ4v) is 3.58. The molecule has 1 saturated heterocycles. The first-order valence-electron chi connectivity index (χ1n) is 10.1. The van der Waals surface area contributed by atoms with Crippen molar-refractivity contribution in [1.29, 1.82) is 0 Å². The van der Waals surface area contributed by atoms with Gasteiger partial charge in [-0.2, -0.15) is 0 Å². The number of anilines is 2. The maximum absolute atomic E-state index is 14.0. The average Bonchev–Trinajstić information content (AvgIpc) is 3.15. The highest BCUT2D eigenvalue weighted by Gasteiger charge is 2.25. The summed E-state index contributed by atoms with van der Waals surface area (Å²) in [4.78, 5) is 13.1. The number of aliphatic imine (C=N–C) groups is 1. The Morgan fingerprint density at radius 3 is 2.90 bits per heavy atom. The van der Waals surface area contributed by atoms with Gasteiger partial charge in [-0.1, -0.05) is 12.1 Å². The van der Waals surface area contributed by atoms with E-state index < -0.39 is 0 Å². The van der Waals surface area contributed by atoms with Gasteiger partial charge in [-0.3, -0.25) is 0 Å². The summed E-state index contributed by atoms with van der Waals surface area (Å²) in [6.07, 6.45) is 2.54. The average molecular weight is 399 g/mol. The topological polar surface area (TPSA) is 55.8 Å². The molecule has 0 bridgehead atoms. The third kappa shape index (κ3) is 5.37. The summed E-state index contributed by atoms with van der Waals surface area (Å²) in [5, 5.41) is 6.82. The molecule has 1 fully saturated rings. The number of aryl methyl sites for hydroxylation is 1. The zero-order valence-electron chi connectivity index (χ0n) is 17.7. The molecule has 1 unspecified atom stereocenters. The van der Waals surface area contributed by atoms with Gasteiger partial charge in [-0.25, -0.2) is 14.4 Å². The summed E-state index contributed by atoms with van der Waals surface area (Å²) in [5.41, 5.74) is 3.60. The van der Waals surface area contributed by atoms with Crippen LogP contribution in [-0.2, 0) is 6.54 Å². The van der Waals surface area contributed by atoms with Crippen molar-refractivity contribution in [2.75, 3.05) is 43.5 Å². The molecule has 0 aliphatic carbocycles. The van der Waals surface area contributed by atoms with Crippen molar-refractivity contribution in [2.45, 2.75) is 32.9 Å². The normalized spacial score (nSPS) is 16.8. The highest BCUT2D eigenvalue weighted by atomic mass is 19.1. The fraction of sp³-hybridized carbons (Fsp3) is 0.455. The maximum Gasteiger partial charge on any atom is 0.191 e. The fourth-order valence-electron chi connectivity index (χ4n) is 3.58. The largest absolute Gasteiger partial charge is 0.377 e. The van der Waals surface area contributed by atoms with Crippen molar-refractivity contribution in [3.63, 3.8) is 0 Å². The Morgan fingerprint density at radius 2 is 2.17 bits per heavy atom. The molecule has 2 N–H and O–H groups in total. The molecule has 1 aliphatic heterocycles. The van der Waals surface area contributed by atoms with E-state index in [0.717, 1.165) is 25.5 Å². The molecule has 29 heavy (non-hydrogen) atoms. The van der Waals surface area contributed by atoms with Gasteiger partial charge in [-0.15, -0.1) is 0 Å². The summed E-state index contributed by atoms with van der Waals surface area (Å²) in [5.74, 6) is 0.935. The predicted octanol–water partition coefficient (Wildman–Crippen LogP) is 2.93. The lowest BCUT2D eigenvalue weighted by atomic mass is 10.1. The second-order valence-electron chi connectivity index (χ2n) is 7.61. The van der Waals surface area contributed by atoms with Gasteiger partial charge >= 0.3 is 0 Å². The molecule has 1 aromatic carbocycles. The Balaban J connectivity index is 1.67. The molecule has 2 aromatic rings. The number of guanidine groups is 1. The summed E-state index contributed by atoms with van der Waals surface area (Å²) in [6, 6.07) is 9.71. The predicted molar refractivity (Wildman–Crippen MR) is 118 cm³/mol. The Hall–Kier alpha value is -2.83. The lowest BCUT2D eigenvalue weighted by Gasteiger charge is -2.20. The van der Waals surface area contributed by atoms with Crippen LogP contribution >= 0.6 is 0 Å². The molecule has 7 heteroatoms. The van der Waals surface area contributed by atoms with Gasteiger partial charge in [0.25, 0.3) is 0 Å². The number of nitrogens with one attached hydrogen (secondary N) is 2. The van der Waals surface area contributed by atoms with E-state index >= 15 is 0 Å². The molecule has 0 radical (unpaired) electrons. The van der Waals surface area contributed by atoms with Crippen LogP contribution in [0.2, 0.25) is 0 Å². The molecule has 156 valence electrons. The number of aromatic nitrogens is 1. The van der Waals surface area contributed by atoms with Crippen LogP contribution in [0.25, 0.3) is 0 Å². The van der Waals surface area contributed by atoms with E-state index in [1.165, 1.54) is 22.9 Å². The van der Waals surface area contributed by atoms with Gasteiger partial charge in [-0.05, 0) is 49.6 Å². The minimum Gasteiger partial charge on any atom is -0.377 e. The van der Waals surface area contributed by atoms with Crippen LogP contribution in [0, 0.1) is 12.7 Å². The zero-order chi connectivity index (χ0) is 20.8. The second-order valence-corrected chi connectivity index (χ2v) is 7.61. The molecule has 1 atom stereocenters. The van der Waals surface area contributed by atoms with Gasteiger partial charge < -0.3 is 20.4 Å². The Bertz CT molecular complexity index is 851. The summed E-state index contributed by atoms with van der Waals surface area (Å²) in [6.45, 7) is 7.00. The quantitative estimate of drug-likeness (QED) is 0.579. The first kappa shape index (κ1) is 20.9. The van der Waals surface area contributed by atoms with Crippen molar-refractivity contribution < 1.29 is 4.39 Å². The highest BCUT2D eigenvalue weighted by Crippen LogP contribution is 2.22. The van der Waals surface area contributed by atoms with Crippen LogP contribution in [0.5, 0.6) is 0 Å². The van der Waals surface area contributed by atoms with E-state index in [1.54, 1.807) is 12.3 Å². The van der Waals surface area contributed by atoms with E-state index in [9.17, 15) is 4.39 Å². The summed E-state index contributed by atoms with van der Waals surface area (Å²) >= 11 is 0. The number of benzene rings is 1. The van der Waals surface area contributed by atoms with Crippen molar-refractivity contribution >= 4 is 17.5 Å². The second kappa shape index (κ2) is 9.58. The minimum atomic E-state index is -0.274. The number of nitrogens with zero attached hydrogens (tertiary/aromatic N) is 4. The maximum atomic E-state index is 14.0. The Labute approximate surface area is 172 Å². The van der Waals surface area contributed by atoms with E-state index in [0.29, 0.717) is 18.9 Å². The van der Waals surface area contributed by atoms with Gasteiger partial charge in [0.1, 0.15) is 0 Å². The molecular weight excluding hydrogens is 367 g/mol. The molecule has 0 amide bonds. The standard InChI is InChI=1S/C22H31FN6/c1-5-24-22(26-14-17-9-8-16(2)13-20(17)28(3)4)27-18-10-12-29(15-18)21-19(23)7-6-11-25-21/h6-9,11,13,18H,5,10,12,14-15H2,1-4H3,(H2,24,26,27). The zero-order valence-corrected chi connectivity index (χ0v) is 17.7. The van der Waals surface area contributed by atoms with Gasteiger partial charge in [0.15, 0.2) is 17.6 Å². The van der Waals surface area contributed by atoms with Crippen molar-refractivity contribution in [3.8, 4) is 0 Å². The van der Waals surface area contributed by atoms with Crippen molar-refractivity contribution in [2.24, 2.45) is 4.99 Å². The number of halogens is 1. The van der Waals surface area contributed by atoms with Crippen molar-refractivity contribution in [1.82, 2.24) is 15.6 Å². The van der Waals surface area contributed by atoms with Gasteiger partial charge in [0.05, 0.1) is 6.54 Å². The first-order valence-corrected chi connectivity index (χ1v) is 10.1.